The van der Waals surface area contributed by atoms with Crippen molar-refractivity contribution in [2.75, 3.05) is 6.61 Å². The van der Waals surface area contributed by atoms with E-state index >= 15 is 0 Å². The van der Waals surface area contributed by atoms with Crippen LogP contribution in [0.15, 0.2) is 72.8 Å². The molecule has 2 aromatic rings. The number of halogens is 2. The summed E-state index contributed by atoms with van der Waals surface area (Å²) in [6.45, 7) is -0.462. The van der Waals surface area contributed by atoms with Gasteiger partial charge in [-0.25, -0.2) is 0 Å². The van der Waals surface area contributed by atoms with E-state index in [4.69, 9.17) is 4.74 Å². The van der Waals surface area contributed by atoms with Crippen LogP contribution < -0.4 is 0 Å². The average molecular weight is 439 g/mol. The van der Waals surface area contributed by atoms with Crippen LogP contribution >= 0.6 is 0 Å². The SMILES string of the molecule is CCCCCCCc1ccc(CCC2(COC(F)F)C=CC(c3ccccc3)=CC2)cc1. The van der Waals surface area contributed by atoms with Crippen molar-refractivity contribution < 1.29 is 13.5 Å². The Kier molecular flexibility index (Phi) is 9.67. The molecule has 0 spiro atoms. The summed E-state index contributed by atoms with van der Waals surface area (Å²) in [6, 6.07) is 19.0. The first-order valence-electron chi connectivity index (χ1n) is 12.0. The molecule has 3 rings (SSSR count). The van der Waals surface area contributed by atoms with Crippen molar-refractivity contribution in [3.8, 4) is 0 Å². The lowest BCUT2D eigenvalue weighted by molar-refractivity contribution is -0.147. The van der Waals surface area contributed by atoms with Gasteiger partial charge in [-0.2, -0.15) is 8.78 Å². The van der Waals surface area contributed by atoms with Gasteiger partial charge in [-0.05, 0) is 54.4 Å². The van der Waals surface area contributed by atoms with Gasteiger partial charge in [-0.15, -0.1) is 0 Å². The minimum absolute atomic E-state index is 0.0373. The number of aryl methyl sites for hydroxylation is 2. The van der Waals surface area contributed by atoms with E-state index in [1.165, 1.54) is 43.2 Å². The molecule has 0 N–H and O–H groups in total. The third-order valence-corrected chi connectivity index (χ3v) is 6.45. The molecule has 3 heteroatoms. The largest absolute Gasteiger partial charge is 0.345 e. The standard InChI is InChI=1S/C29H36F2O/c1-2-3-4-5-7-10-24-13-15-25(16-14-24)17-20-29(23-32-28(30)31)21-18-27(19-22-29)26-11-8-6-9-12-26/h6,8-9,11-16,18-19,21,28H,2-5,7,10,17,20,22-23H2,1H3. The Bertz CT molecular complexity index is 854. The van der Waals surface area contributed by atoms with Crippen molar-refractivity contribution in [3.63, 3.8) is 0 Å². The normalized spacial score (nSPS) is 18.2. The van der Waals surface area contributed by atoms with Gasteiger partial charge >= 0.3 is 6.61 Å². The van der Waals surface area contributed by atoms with Crippen LogP contribution in [0.1, 0.15) is 68.6 Å². The molecule has 1 aliphatic carbocycles. The van der Waals surface area contributed by atoms with Crippen molar-refractivity contribution in [3.05, 3.63) is 89.5 Å². The molecule has 0 heterocycles. The third kappa shape index (κ3) is 7.70. The molecule has 1 unspecified atom stereocenters. The Morgan fingerprint density at radius 1 is 0.875 bits per heavy atom. The van der Waals surface area contributed by atoms with Crippen LogP contribution in [0.4, 0.5) is 8.78 Å². The quantitative estimate of drug-likeness (QED) is 0.285. The maximum Gasteiger partial charge on any atom is 0.345 e. The summed E-state index contributed by atoms with van der Waals surface area (Å²) >= 11 is 0. The van der Waals surface area contributed by atoms with Crippen molar-refractivity contribution in [1.29, 1.82) is 0 Å². The van der Waals surface area contributed by atoms with E-state index in [0.29, 0.717) is 6.42 Å². The summed E-state index contributed by atoms with van der Waals surface area (Å²) in [4.78, 5) is 0. The van der Waals surface area contributed by atoms with E-state index < -0.39 is 12.0 Å². The first kappa shape index (κ1) is 24.4. The first-order valence-corrected chi connectivity index (χ1v) is 12.0. The van der Waals surface area contributed by atoms with E-state index in [0.717, 1.165) is 30.4 Å². The molecule has 0 saturated heterocycles. The van der Waals surface area contributed by atoms with Gasteiger partial charge < -0.3 is 4.74 Å². The van der Waals surface area contributed by atoms with E-state index in [2.05, 4.69) is 61.5 Å². The van der Waals surface area contributed by atoms with Gasteiger partial charge in [0.1, 0.15) is 0 Å². The molecule has 0 aromatic heterocycles. The number of ether oxygens (including phenoxy) is 1. The van der Waals surface area contributed by atoms with Crippen LogP contribution in [0.3, 0.4) is 0 Å². The van der Waals surface area contributed by atoms with Gasteiger partial charge in [0.25, 0.3) is 0 Å². The number of alkyl halides is 2. The van der Waals surface area contributed by atoms with Gasteiger partial charge in [0.15, 0.2) is 0 Å². The average Bonchev–Trinajstić information content (AvgIpc) is 2.83. The predicted octanol–water partition coefficient (Wildman–Crippen LogP) is 8.40. The predicted molar refractivity (Wildman–Crippen MR) is 130 cm³/mol. The van der Waals surface area contributed by atoms with Crippen molar-refractivity contribution in [2.24, 2.45) is 5.41 Å². The number of benzene rings is 2. The van der Waals surface area contributed by atoms with Gasteiger partial charge in [0.2, 0.25) is 0 Å². The van der Waals surface area contributed by atoms with Gasteiger partial charge in [0, 0.05) is 5.41 Å². The van der Waals surface area contributed by atoms with E-state index in [-0.39, 0.29) is 6.61 Å². The summed E-state index contributed by atoms with van der Waals surface area (Å²) in [7, 11) is 0. The maximum atomic E-state index is 12.8. The summed E-state index contributed by atoms with van der Waals surface area (Å²) in [5, 5.41) is 0. The second-order valence-corrected chi connectivity index (χ2v) is 8.98. The van der Waals surface area contributed by atoms with Gasteiger partial charge in [0.05, 0.1) is 6.61 Å². The number of hydrogen-bond acceptors (Lipinski definition) is 1. The Hall–Kier alpha value is -2.26. The Labute approximate surface area is 192 Å². The molecule has 1 aliphatic rings. The smallest absolute Gasteiger partial charge is 0.322 e. The molecular formula is C29H36F2O. The molecule has 1 nitrogen and oxygen atoms in total. The summed E-state index contributed by atoms with van der Waals surface area (Å²) < 4.78 is 30.4. The molecule has 1 atom stereocenters. The first-order chi connectivity index (χ1) is 15.6. The molecule has 2 aromatic carbocycles. The molecule has 0 bridgehead atoms. The fourth-order valence-corrected chi connectivity index (χ4v) is 4.35. The van der Waals surface area contributed by atoms with Crippen molar-refractivity contribution in [1.82, 2.24) is 0 Å². The van der Waals surface area contributed by atoms with E-state index in [9.17, 15) is 8.78 Å². The monoisotopic (exact) mass is 438 g/mol. The zero-order valence-corrected chi connectivity index (χ0v) is 19.2. The summed E-state index contributed by atoms with van der Waals surface area (Å²) in [5.74, 6) is 0. The van der Waals surface area contributed by atoms with E-state index in [1.54, 1.807) is 0 Å². The van der Waals surface area contributed by atoms with Crippen LogP contribution in [-0.2, 0) is 17.6 Å². The third-order valence-electron chi connectivity index (χ3n) is 6.45. The topological polar surface area (TPSA) is 9.23 Å². The molecule has 32 heavy (non-hydrogen) atoms. The van der Waals surface area contributed by atoms with Crippen molar-refractivity contribution in [2.45, 2.75) is 71.3 Å². The number of hydrogen-bond donors (Lipinski definition) is 0. The maximum absolute atomic E-state index is 12.8. The molecule has 0 amide bonds. The van der Waals surface area contributed by atoms with Crippen LogP contribution in [0.2, 0.25) is 0 Å². The Balaban J connectivity index is 1.57. The van der Waals surface area contributed by atoms with Gasteiger partial charge in [-0.1, -0.05) is 105 Å². The Morgan fingerprint density at radius 3 is 2.19 bits per heavy atom. The molecule has 0 fully saturated rings. The van der Waals surface area contributed by atoms with E-state index in [1.807, 2.05) is 18.2 Å². The molecular weight excluding hydrogens is 402 g/mol. The second kappa shape index (κ2) is 12.7. The number of rotatable bonds is 13. The highest BCUT2D eigenvalue weighted by Gasteiger charge is 2.30. The van der Waals surface area contributed by atoms with Crippen LogP contribution in [-0.4, -0.2) is 13.2 Å². The van der Waals surface area contributed by atoms with Gasteiger partial charge in [-0.3, -0.25) is 0 Å². The fraction of sp³-hybridized carbons (Fsp3) is 0.448. The highest BCUT2D eigenvalue weighted by molar-refractivity contribution is 5.75. The second-order valence-electron chi connectivity index (χ2n) is 8.98. The lowest BCUT2D eigenvalue weighted by Gasteiger charge is -2.32. The Morgan fingerprint density at radius 2 is 1.56 bits per heavy atom. The number of allylic oxidation sites excluding steroid dienone is 3. The fourth-order valence-electron chi connectivity index (χ4n) is 4.35. The highest BCUT2D eigenvalue weighted by Crippen LogP contribution is 2.38. The minimum atomic E-state index is -2.74. The summed E-state index contributed by atoms with van der Waals surface area (Å²) in [5.41, 5.74) is 4.53. The minimum Gasteiger partial charge on any atom is -0.322 e. The van der Waals surface area contributed by atoms with Crippen LogP contribution in [0, 0.1) is 5.41 Å². The zero-order chi connectivity index (χ0) is 22.7. The molecule has 0 aliphatic heterocycles. The van der Waals surface area contributed by atoms with Crippen molar-refractivity contribution >= 4 is 5.57 Å². The molecule has 0 saturated carbocycles. The number of unbranched alkanes of at least 4 members (excludes halogenated alkanes) is 4. The van der Waals surface area contributed by atoms with Crippen LogP contribution in [0.25, 0.3) is 5.57 Å². The molecule has 0 radical (unpaired) electrons. The lowest BCUT2D eigenvalue weighted by atomic mass is 9.75. The zero-order valence-electron chi connectivity index (χ0n) is 19.2. The summed E-state index contributed by atoms with van der Waals surface area (Å²) in [6.07, 6.45) is 16.2. The molecule has 172 valence electrons. The highest BCUT2D eigenvalue weighted by atomic mass is 19.3. The lowest BCUT2D eigenvalue weighted by Crippen LogP contribution is -2.28. The van der Waals surface area contributed by atoms with Crippen LogP contribution in [0.5, 0.6) is 0 Å².